The molecule has 4 nitrogen and oxygen atoms in total. The van der Waals surface area contributed by atoms with Gasteiger partial charge in [-0.1, -0.05) is 36.4 Å². The van der Waals surface area contributed by atoms with Crippen LogP contribution < -0.4 is 5.32 Å². The Hall–Kier alpha value is -2.76. The minimum Gasteiger partial charge on any atom is -0.468 e. The predicted octanol–water partition coefficient (Wildman–Crippen LogP) is 2.65. The number of carbonyl (C=O) groups is 2. The fourth-order valence-corrected chi connectivity index (χ4v) is 2.13. The van der Waals surface area contributed by atoms with Gasteiger partial charge in [-0.2, -0.15) is 0 Å². The number of benzene rings is 2. The average Bonchev–Trinajstić information content (AvgIpc) is 2.58. The minimum absolute atomic E-state index is 0.0918. The molecule has 0 aliphatic carbocycles. The van der Waals surface area contributed by atoms with Crippen LogP contribution >= 0.6 is 0 Å². The van der Waals surface area contributed by atoms with Crippen molar-refractivity contribution in [2.24, 2.45) is 0 Å². The molecule has 1 amide bonds. The number of halogens is 2. The molecular weight excluding hydrogens is 304 g/mol. The monoisotopic (exact) mass is 319 g/mol. The summed E-state index contributed by atoms with van der Waals surface area (Å²) >= 11 is 0. The molecule has 0 radical (unpaired) electrons. The van der Waals surface area contributed by atoms with Gasteiger partial charge in [-0.25, -0.2) is 8.78 Å². The third kappa shape index (κ3) is 3.91. The standard InChI is InChI=1S/C17H15F2NO3/c1-23-17(22)13(11-6-3-2-4-7-11)10-20-16(21)12-8-5-9-14(18)15(12)19/h2-9,13H,10H2,1H3,(H,20,21)/t13-/m0/s1. The van der Waals surface area contributed by atoms with Crippen LogP contribution in [0.25, 0.3) is 0 Å². The summed E-state index contributed by atoms with van der Waals surface area (Å²) in [5, 5.41) is 2.43. The van der Waals surface area contributed by atoms with Gasteiger partial charge >= 0.3 is 5.97 Å². The largest absolute Gasteiger partial charge is 0.468 e. The van der Waals surface area contributed by atoms with E-state index in [0.29, 0.717) is 5.56 Å². The summed E-state index contributed by atoms with van der Waals surface area (Å²) in [5.74, 6) is -4.39. The van der Waals surface area contributed by atoms with Crippen molar-refractivity contribution in [1.82, 2.24) is 5.32 Å². The van der Waals surface area contributed by atoms with Gasteiger partial charge < -0.3 is 10.1 Å². The molecule has 0 aromatic heterocycles. The van der Waals surface area contributed by atoms with Gasteiger partial charge in [0.15, 0.2) is 11.6 Å². The lowest BCUT2D eigenvalue weighted by Crippen LogP contribution is -2.32. The van der Waals surface area contributed by atoms with Crippen LogP contribution in [0, 0.1) is 11.6 Å². The second-order valence-electron chi connectivity index (χ2n) is 4.80. The maximum atomic E-state index is 13.6. The Morgan fingerprint density at radius 2 is 1.78 bits per heavy atom. The lowest BCUT2D eigenvalue weighted by molar-refractivity contribution is -0.142. The van der Waals surface area contributed by atoms with E-state index in [1.807, 2.05) is 0 Å². The molecular formula is C17H15F2NO3. The molecule has 2 aromatic carbocycles. The summed E-state index contributed by atoms with van der Waals surface area (Å²) in [5.41, 5.74) is 0.237. The van der Waals surface area contributed by atoms with E-state index < -0.39 is 35.0 Å². The smallest absolute Gasteiger partial charge is 0.314 e. The summed E-state index contributed by atoms with van der Waals surface area (Å²) < 4.78 is 31.5. The highest BCUT2D eigenvalue weighted by Gasteiger charge is 2.23. The lowest BCUT2D eigenvalue weighted by atomic mass is 9.99. The number of carbonyl (C=O) groups excluding carboxylic acids is 2. The van der Waals surface area contributed by atoms with E-state index in [1.54, 1.807) is 30.3 Å². The van der Waals surface area contributed by atoms with Gasteiger partial charge in [0.1, 0.15) is 0 Å². The minimum atomic E-state index is -1.22. The van der Waals surface area contributed by atoms with Crippen molar-refractivity contribution in [2.75, 3.05) is 13.7 Å². The second kappa shape index (κ2) is 7.49. The number of esters is 1. The predicted molar refractivity (Wildman–Crippen MR) is 79.9 cm³/mol. The van der Waals surface area contributed by atoms with E-state index in [1.165, 1.54) is 19.2 Å². The Labute approximate surface area is 132 Å². The number of methoxy groups -OCH3 is 1. The summed E-state index contributed by atoms with van der Waals surface area (Å²) in [7, 11) is 1.24. The van der Waals surface area contributed by atoms with Crippen LogP contribution in [0.4, 0.5) is 8.78 Å². The molecule has 0 fully saturated rings. The molecule has 2 rings (SSSR count). The first-order valence-corrected chi connectivity index (χ1v) is 6.89. The Morgan fingerprint density at radius 1 is 1.09 bits per heavy atom. The van der Waals surface area contributed by atoms with Crippen molar-refractivity contribution in [3.05, 3.63) is 71.3 Å². The first-order chi connectivity index (χ1) is 11.0. The molecule has 0 saturated heterocycles. The number of rotatable bonds is 5. The maximum absolute atomic E-state index is 13.6. The number of hydrogen-bond donors (Lipinski definition) is 1. The molecule has 0 aliphatic rings. The van der Waals surface area contributed by atoms with Crippen molar-refractivity contribution in [3.63, 3.8) is 0 Å². The summed E-state index contributed by atoms with van der Waals surface area (Å²) in [4.78, 5) is 23.9. The highest BCUT2D eigenvalue weighted by molar-refractivity contribution is 5.94. The average molecular weight is 319 g/mol. The van der Waals surface area contributed by atoms with Crippen molar-refractivity contribution in [2.45, 2.75) is 5.92 Å². The van der Waals surface area contributed by atoms with Crippen LogP contribution in [0.1, 0.15) is 21.8 Å². The molecule has 120 valence electrons. The quantitative estimate of drug-likeness (QED) is 0.862. The molecule has 1 N–H and O–H groups in total. The Kier molecular flexibility index (Phi) is 5.41. The van der Waals surface area contributed by atoms with E-state index in [2.05, 4.69) is 5.32 Å². The van der Waals surface area contributed by atoms with E-state index in [9.17, 15) is 18.4 Å². The molecule has 1 atom stereocenters. The fourth-order valence-electron chi connectivity index (χ4n) is 2.13. The van der Waals surface area contributed by atoms with Gasteiger partial charge in [0.05, 0.1) is 18.6 Å². The zero-order valence-corrected chi connectivity index (χ0v) is 12.4. The number of nitrogens with one attached hydrogen (secondary N) is 1. The topological polar surface area (TPSA) is 55.4 Å². The van der Waals surface area contributed by atoms with Crippen molar-refractivity contribution in [3.8, 4) is 0 Å². The third-order valence-corrected chi connectivity index (χ3v) is 3.35. The van der Waals surface area contributed by atoms with Crippen molar-refractivity contribution >= 4 is 11.9 Å². The Bertz CT molecular complexity index is 704. The maximum Gasteiger partial charge on any atom is 0.314 e. The highest BCUT2D eigenvalue weighted by Crippen LogP contribution is 2.17. The van der Waals surface area contributed by atoms with Gasteiger partial charge in [-0.15, -0.1) is 0 Å². The summed E-state index contributed by atoms with van der Waals surface area (Å²) in [6, 6.07) is 12.1. The van der Waals surface area contributed by atoms with E-state index >= 15 is 0 Å². The van der Waals surface area contributed by atoms with Gasteiger partial charge in [0.25, 0.3) is 5.91 Å². The molecule has 0 heterocycles. The highest BCUT2D eigenvalue weighted by atomic mass is 19.2. The normalized spacial score (nSPS) is 11.6. The van der Waals surface area contributed by atoms with Crippen LogP contribution in [0.5, 0.6) is 0 Å². The summed E-state index contributed by atoms with van der Waals surface area (Å²) in [6.07, 6.45) is 0. The van der Waals surface area contributed by atoms with Crippen LogP contribution in [0.3, 0.4) is 0 Å². The first kappa shape index (κ1) is 16.6. The number of hydrogen-bond acceptors (Lipinski definition) is 3. The Balaban J connectivity index is 2.14. The number of amides is 1. The van der Waals surface area contributed by atoms with Crippen LogP contribution in [0.2, 0.25) is 0 Å². The van der Waals surface area contributed by atoms with Crippen LogP contribution in [-0.2, 0) is 9.53 Å². The van der Waals surface area contributed by atoms with E-state index in [0.717, 1.165) is 6.07 Å². The molecule has 0 bridgehead atoms. The molecule has 0 saturated carbocycles. The Morgan fingerprint density at radius 3 is 2.43 bits per heavy atom. The van der Waals surface area contributed by atoms with E-state index in [-0.39, 0.29) is 6.54 Å². The van der Waals surface area contributed by atoms with E-state index in [4.69, 9.17) is 4.74 Å². The zero-order valence-electron chi connectivity index (χ0n) is 12.4. The molecule has 0 aliphatic heterocycles. The molecule has 0 spiro atoms. The van der Waals surface area contributed by atoms with Gasteiger partial charge in [-0.3, -0.25) is 9.59 Å². The fraction of sp³-hybridized carbons (Fsp3) is 0.176. The molecule has 23 heavy (non-hydrogen) atoms. The molecule has 0 unspecified atom stereocenters. The number of ether oxygens (including phenoxy) is 1. The third-order valence-electron chi connectivity index (χ3n) is 3.35. The van der Waals surface area contributed by atoms with Gasteiger partial charge in [-0.05, 0) is 17.7 Å². The van der Waals surface area contributed by atoms with Crippen LogP contribution in [0.15, 0.2) is 48.5 Å². The zero-order chi connectivity index (χ0) is 16.8. The van der Waals surface area contributed by atoms with Crippen molar-refractivity contribution in [1.29, 1.82) is 0 Å². The lowest BCUT2D eigenvalue weighted by Gasteiger charge is -2.16. The van der Waals surface area contributed by atoms with Crippen LogP contribution in [-0.4, -0.2) is 25.5 Å². The van der Waals surface area contributed by atoms with Gasteiger partial charge in [0.2, 0.25) is 0 Å². The second-order valence-corrected chi connectivity index (χ2v) is 4.80. The first-order valence-electron chi connectivity index (χ1n) is 6.89. The SMILES string of the molecule is COC(=O)[C@@H](CNC(=O)c1cccc(F)c1F)c1ccccc1. The molecule has 6 heteroatoms. The summed E-state index contributed by atoms with van der Waals surface area (Å²) in [6.45, 7) is -0.0918. The molecule has 2 aromatic rings. The van der Waals surface area contributed by atoms with Gasteiger partial charge in [0, 0.05) is 6.54 Å². The van der Waals surface area contributed by atoms with Crippen molar-refractivity contribution < 1.29 is 23.1 Å².